The summed E-state index contributed by atoms with van der Waals surface area (Å²) in [7, 11) is 0. The van der Waals surface area contributed by atoms with Crippen LogP contribution in [0.25, 0.3) is 24.3 Å². The van der Waals surface area contributed by atoms with E-state index in [4.69, 9.17) is 0 Å². The zero-order valence-corrected chi connectivity index (χ0v) is 30.4. The zero-order chi connectivity index (χ0) is 35.9. The van der Waals surface area contributed by atoms with Crippen molar-refractivity contribution < 1.29 is 0 Å². The largest absolute Gasteiger partial charge is 0.311 e. The maximum atomic E-state index is 2.31. The van der Waals surface area contributed by atoms with Gasteiger partial charge in [-0.15, -0.1) is 0 Å². The SMILES string of the molecule is Cc1ccc(N(c2ccc(C)cc2)c2ccc(/C=C\c3ccc(/C=C/c4ccc(N(c5ccc(C)cc5)c5cccc(C)c5)cc4)cc3)cc2)cc1. The topological polar surface area (TPSA) is 6.48 Å². The summed E-state index contributed by atoms with van der Waals surface area (Å²) in [6, 6.07) is 61.0. The number of rotatable bonds is 10. The maximum Gasteiger partial charge on any atom is 0.0464 e. The Kier molecular flexibility index (Phi) is 10.3. The van der Waals surface area contributed by atoms with Crippen LogP contribution in [0, 0.1) is 27.7 Å². The lowest BCUT2D eigenvalue weighted by Crippen LogP contribution is -2.10. The quantitative estimate of drug-likeness (QED) is 0.133. The minimum atomic E-state index is 1.13. The summed E-state index contributed by atoms with van der Waals surface area (Å²) in [5.41, 5.74) is 16.5. The average molecular weight is 673 g/mol. The number of hydrogen-bond donors (Lipinski definition) is 0. The van der Waals surface area contributed by atoms with Gasteiger partial charge < -0.3 is 9.80 Å². The first kappa shape index (κ1) is 34.1. The number of nitrogens with zero attached hydrogens (tertiary/aromatic N) is 2. The highest BCUT2D eigenvalue weighted by molar-refractivity contribution is 5.80. The van der Waals surface area contributed by atoms with Gasteiger partial charge in [-0.3, -0.25) is 0 Å². The number of benzene rings is 7. The lowest BCUT2D eigenvalue weighted by Gasteiger charge is -2.26. The van der Waals surface area contributed by atoms with Gasteiger partial charge in [-0.2, -0.15) is 0 Å². The number of aryl methyl sites for hydroxylation is 4. The molecule has 0 bridgehead atoms. The third-order valence-electron chi connectivity index (χ3n) is 9.31. The van der Waals surface area contributed by atoms with E-state index in [9.17, 15) is 0 Å². The van der Waals surface area contributed by atoms with Gasteiger partial charge >= 0.3 is 0 Å². The van der Waals surface area contributed by atoms with Gasteiger partial charge in [0.25, 0.3) is 0 Å². The van der Waals surface area contributed by atoms with E-state index < -0.39 is 0 Å². The van der Waals surface area contributed by atoms with E-state index in [1.54, 1.807) is 0 Å². The van der Waals surface area contributed by atoms with Crippen molar-refractivity contribution in [2.45, 2.75) is 27.7 Å². The molecule has 0 amide bonds. The van der Waals surface area contributed by atoms with E-state index in [-0.39, 0.29) is 0 Å². The highest BCUT2D eigenvalue weighted by Gasteiger charge is 2.13. The predicted octanol–water partition coefficient (Wildman–Crippen LogP) is 14.2. The summed E-state index contributed by atoms with van der Waals surface area (Å²) in [6.07, 6.45) is 8.70. The Morgan fingerprint density at radius 2 is 0.538 bits per heavy atom. The highest BCUT2D eigenvalue weighted by atomic mass is 15.1. The molecule has 2 heteroatoms. The van der Waals surface area contributed by atoms with Crippen LogP contribution in [0.1, 0.15) is 44.5 Å². The standard InChI is InChI=1S/C50H44N2/c1-37-8-26-45(27-9-37)51(46-28-10-38(2)11-29-46)48-32-22-43(23-33-48)20-18-41-14-16-42(17-15-41)19-21-44-24-34-49(35-25-44)52(47-30-12-39(3)13-31-47)50-7-5-6-40(4)36-50/h5-36H,1-4H3/b20-18-,21-19+. The van der Waals surface area contributed by atoms with Gasteiger partial charge in [0.2, 0.25) is 0 Å². The molecular formula is C50H44N2. The molecule has 0 fully saturated rings. The van der Waals surface area contributed by atoms with Crippen LogP contribution >= 0.6 is 0 Å². The van der Waals surface area contributed by atoms with Gasteiger partial charge in [-0.05, 0) is 128 Å². The smallest absolute Gasteiger partial charge is 0.0464 e. The van der Waals surface area contributed by atoms with Gasteiger partial charge in [0.05, 0.1) is 0 Å². The maximum absolute atomic E-state index is 2.31. The van der Waals surface area contributed by atoms with Gasteiger partial charge in [0, 0.05) is 34.1 Å². The molecule has 0 atom stereocenters. The van der Waals surface area contributed by atoms with E-state index in [1.807, 2.05) is 0 Å². The summed E-state index contributed by atoms with van der Waals surface area (Å²) in [4.78, 5) is 4.62. The van der Waals surface area contributed by atoms with Crippen molar-refractivity contribution in [2.75, 3.05) is 9.80 Å². The molecule has 7 aromatic rings. The molecule has 0 unspecified atom stereocenters. The van der Waals surface area contributed by atoms with Crippen molar-refractivity contribution in [3.8, 4) is 0 Å². The van der Waals surface area contributed by atoms with Crippen molar-refractivity contribution in [2.24, 2.45) is 0 Å². The second-order valence-electron chi connectivity index (χ2n) is 13.5. The molecule has 7 aromatic carbocycles. The molecule has 0 aliphatic heterocycles. The molecule has 0 aromatic heterocycles. The molecule has 0 heterocycles. The van der Waals surface area contributed by atoms with Crippen LogP contribution in [0.15, 0.2) is 170 Å². The average Bonchev–Trinajstić information content (AvgIpc) is 3.17. The van der Waals surface area contributed by atoms with Crippen molar-refractivity contribution in [3.63, 3.8) is 0 Å². The van der Waals surface area contributed by atoms with Crippen molar-refractivity contribution in [1.29, 1.82) is 0 Å². The molecule has 7 rings (SSSR count). The van der Waals surface area contributed by atoms with Crippen molar-refractivity contribution >= 4 is 58.4 Å². The molecule has 0 saturated carbocycles. The summed E-state index contributed by atoms with van der Waals surface area (Å²) in [6.45, 7) is 8.51. The van der Waals surface area contributed by atoms with Gasteiger partial charge in [-0.1, -0.05) is 138 Å². The third kappa shape index (κ3) is 8.31. The molecule has 0 spiro atoms. The highest BCUT2D eigenvalue weighted by Crippen LogP contribution is 2.36. The third-order valence-corrected chi connectivity index (χ3v) is 9.31. The molecule has 2 nitrogen and oxygen atoms in total. The normalized spacial score (nSPS) is 11.3. The van der Waals surface area contributed by atoms with Crippen LogP contribution in [-0.2, 0) is 0 Å². The fourth-order valence-corrected chi connectivity index (χ4v) is 6.32. The van der Waals surface area contributed by atoms with E-state index in [1.165, 1.54) is 33.4 Å². The zero-order valence-electron chi connectivity index (χ0n) is 30.4. The second kappa shape index (κ2) is 15.7. The Hall–Kier alpha value is -6.38. The molecule has 0 N–H and O–H groups in total. The van der Waals surface area contributed by atoms with E-state index in [0.29, 0.717) is 0 Å². The molecular weight excluding hydrogens is 629 g/mol. The molecule has 0 saturated heterocycles. The molecule has 0 radical (unpaired) electrons. The monoisotopic (exact) mass is 672 g/mol. The van der Waals surface area contributed by atoms with E-state index >= 15 is 0 Å². The lowest BCUT2D eigenvalue weighted by atomic mass is 10.1. The summed E-state index contributed by atoms with van der Waals surface area (Å²) in [5.74, 6) is 0. The first-order valence-electron chi connectivity index (χ1n) is 17.9. The number of anilines is 6. The van der Waals surface area contributed by atoms with Crippen LogP contribution in [0.4, 0.5) is 34.1 Å². The Morgan fingerprint density at radius 3 is 0.846 bits per heavy atom. The van der Waals surface area contributed by atoms with Crippen LogP contribution < -0.4 is 9.80 Å². The first-order valence-corrected chi connectivity index (χ1v) is 17.9. The second-order valence-corrected chi connectivity index (χ2v) is 13.5. The predicted molar refractivity (Wildman–Crippen MR) is 225 cm³/mol. The Balaban J connectivity index is 1.02. The van der Waals surface area contributed by atoms with E-state index in [0.717, 1.165) is 45.3 Å². The van der Waals surface area contributed by atoms with Crippen molar-refractivity contribution in [1.82, 2.24) is 0 Å². The Bertz CT molecular complexity index is 2230. The lowest BCUT2D eigenvalue weighted by molar-refractivity contribution is 1.26. The van der Waals surface area contributed by atoms with Crippen molar-refractivity contribution in [3.05, 3.63) is 214 Å². The van der Waals surface area contributed by atoms with E-state index in [2.05, 4.69) is 232 Å². The van der Waals surface area contributed by atoms with Gasteiger partial charge in [0.15, 0.2) is 0 Å². The van der Waals surface area contributed by atoms with Crippen LogP contribution in [-0.4, -0.2) is 0 Å². The molecule has 0 aliphatic carbocycles. The molecule has 52 heavy (non-hydrogen) atoms. The summed E-state index contributed by atoms with van der Waals surface area (Å²) < 4.78 is 0. The minimum absolute atomic E-state index is 1.13. The van der Waals surface area contributed by atoms with Gasteiger partial charge in [-0.25, -0.2) is 0 Å². The Morgan fingerprint density at radius 1 is 0.269 bits per heavy atom. The summed E-state index contributed by atoms with van der Waals surface area (Å²) >= 11 is 0. The fourth-order valence-electron chi connectivity index (χ4n) is 6.32. The first-order chi connectivity index (χ1) is 25.4. The fraction of sp³-hybridized carbons (Fsp3) is 0.0800. The van der Waals surface area contributed by atoms with Crippen LogP contribution in [0.2, 0.25) is 0 Å². The van der Waals surface area contributed by atoms with Gasteiger partial charge in [0.1, 0.15) is 0 Å². The molecule has 254 valence electrons. The Labute approximate surface area is 309 Å². The van der Waals surface area contributed by atoms with Crippen LogP contribution in [0.3, 0.4) is 0 Å². The minimum Gasteiger partial charge on any atom is -0.311 e. The van der Waals surface area contributed by atoms with Crippen LogP contribution in [0.5, 0.6) is 0 Å². The summed E-state index contributed by atoms with van der Waals surface area (Å²) in [5, 5.41) is 0. The molecule has 0 aliphatic rings. The number of hydrogen-bond acceptors (Lipinski definition) is 2.